The average molecular weight is 775 g/mol. The first kappa shape index (κ1) is 52.0. The fraction of sp³-hybridized carbons (Fsp3) is 0.955. The van der Waals surface area contributed by atoms with Gasteiger partial charge in [0.05, 0.1) is 6.61 Å². The number of hydrogen-bond acceptors (Lipinski definition) is 6. The van der Waals surface area contributed by atoms with Crippen molar-refractivity contribution in [3.63, 3.8) is 0 Å². The molecule has 0 heterocycles. The van der Waals surface area contributed by atoms with Crippen LogP contribution >= 0.6 is 7.82 Å². The molecule has 0 aromatic heterocycles. The van der Waals surface area contributed by atoms with Crippen LogP contribution < -0.4 is 0 Å². The van der Waals surface area contributed by atoms with Gasteiger partial charge in [-0.1, -0.05) is 226 Å². The SMILES string of the molecule is CCCCCCCCCCCCCCCCCCCCCCCCCCC(=O)OC(COC(=O)CCCCCCCCCCCCC)COP(=O)(O)O. The second-order valence-electron chi connectivity index (χ2n) is 15.7. The van der Waals surface area contributed by atoms with E-state index in [2.05, 4.69) is 18.4 Å². The molecule has 0 amide bonds. The minimum atomic E-state index is -4.74. The number of ether oxygens (including phenoxy) is 2. The van der Waals surface area contributed by atoms with Gasteiger partial charge in [0.15, 0.2) is 6.10 Å². The summed E-state index contributed by atoms with van der Waals surface area (Å²) in [5.74, 6) is -0.868. The van der Waals surface area contributed by atoms with Crippen molar-refractivity contribution in [3.05, 3.63) is 0 Å². The number of phosphoric acid groups is 1. The number of hydrogen-bond donors (Lipinski definition) is 2. The Balaban J connectivity index is 3.74. The van der Waals surface area contributed by atoms with E-state index < -0.39 is 32.5 Å². The average Bonchev–Trinajstić information content (AvgIpc) is 3.13. The molecule has 0 saturated carbocycles. The summed E-state index contributed by atoms with van der Waals surface area (Å²) in [6.45, 7) is 3.71. The first-order chi connectivity index (χ1) is 25.8. The van der Waals surface area contributed by atoms with Crippen LogP contribution in [0.1, 0.15) is 251 Å². The number of esters is 2. The summed E-state index contributed by atoms with van der Waals surface area (Å²) in [6.07, 6.45) is 44.1. The van der Waals surface area contributed by atoms with Gasteiger partial charge in [0, 0.05) is 12.8 Å². The molecule has 9 heteroatoms. The summed E-state index contributed by atoms with van der Waals surface area (Å²) >= 11 is 0. The molecule has 0 aromatic rings. The van der Waals surface area contributed by atoms with Gasteiger partial charge in [-0.2, -0.15) is 0 Å². The van der Waals surface area contributed by atoms with Gasteiger partial charge in [0.2, 0.25) is 0 Å². The first-order valence-electron chi connectivity index (χ1n) is 22.8. The van der Waals surface area contributed by atoms with Crippen molar-refractivity contribution >= 4 is 19.8 Å². The predicted octanol–water partition coefficient (Wildman–Crippen LogP) is 14.0. The highest BCUT2D eigenvalue weighted by molar-refractivity contribution is 7.46. The van der Waals surface area contributed by atoms with Crippen LogP contribution in [-0.2, 0) is 28.2 Å². The molecule has 1 unspecified atom stereocenters. The van der Waals surface area contributed by atoms with Crippen molar-refractivity contribution in [1.82, 2.24) is 0 Å². The van der Waals surface area contributed by atoms with E-state index in [1.54, 1.807) is 0 Å². The molecule has 0 aliphatic rings. The van der Waals surface area contributed by atoms with Crippen molar-refractivity contribution in [2.24, 2.45) is 0 Å². The van der Waals surface area contributed by atoms with Gasteiger partial charge in [0.25, 0.3) is 0 Å². The Bertz CT molecular complexity index is 832. The van der Waals surface area contributed by atoms with Crippen molar-refractivity contribution in [3.8, 4) is 0 Å². The Labute approximate surface area is 327 Å². The molecule has 0 radical (unpaired) electrons. The summed E-state index contributed by atoms with van der Waals surface area (Å²) in [4.78, 5) is 42.8. The van der Waals surface area contributed by atoms with E-state index in [4.69, 9.17) is 19.3 Å². The smallest absolute Gasteiger partial charge is 0.462 e. The van der Waals surface area contributed by atoms with Gasteiger partial charge in [-0.3, -0.25) is 14.1 Å². The van der Waals surface area contributed by atoms with Gasteiger partial charge in [-0.15, -0.1) is 0 Å². The minimum Gasteiger partial charge on any atom is -0.462 e. The van der Waals surface area contributed by atoms with Gasteiger partial charge in [-0.05, 0) is 12.8 Å². The van der Waals surface area contributed by atoms with Gasteiger partial charge in [0.1, 0.15) is 6.61 Å². The van der Waals surface area contributed by atoms with E-state index in [0.29, 0.717) is 6.42 Å². The highest BCUT2D eigenvalue weighted by Gasteiger charge is 2.23. The van der Waals surface area contributed by atoms with Crippen molar-refractivity contribution in [2.75, 3.05) is 13.2 Å². The normalized spacial score (nSPS) is 12.3. The van der Waals surface area contributed by atoms with Crippen LogP contribution in [0.15, 0.2) is 0 Å². The molecule has 0 spiro atoms. The molecule has 1 atom stereocenters. The molecule has 0 fully saturated rings. The lowest BCUT2D eigenvalue weighted by Gasteiger charge is -2.18. The lowest BCUT2D eigenvalue weighted by Crippen LogP contribution is -2.29. The fourth-order valence-corrected chi connectivity index (χ4v) is 7.32. The fourth-order valence-electron chi connectivity index (χ4n) is 6.96. The van der Waals surface area contributed by atoms with Crippen molar-refractivity contribution < 1.29 is 37.9 Å². The maximum atomic E-state index is 12.4. The molecule has 53 heavy (non-hydrogen) atoms. The summed E-state index contributed by atoms with van der Waals surface area (Å²) < 4.78 is 26.4. The Hall–Kier alpha value is -0.950. The zero-order chi connectivity index (χ0) is 38.9. The van der Waals surface area contributed by atoms with Crippen molar-refractivity contribution in [2.45, 2.75) is 258 Å². The summed E-state index contributed by atoms with van der Waals surface area (Å²) in [5.41, 5.74) is 0. The third kappa shape index (κ3) is 43.6. The number of carbonyl (C=O) groups excluding carboxylic acids is 2. The zero-order valence-corrected chi connectivity index (χ0v) is 35.8. The molecular weight excluding hydrogens is 687 g/mol. The van der Waals surface area contributed by atoms with E-state index in [1.165, 1.54) is 186 Å². The highest BCUT2D eigenvalue weighted by Crippen LogP contribution is 2.36. The number of carbonyl (C=O) groups is 2. The maximum Gasteiger partial charge on any atom is 0.469 e. The van der Waals surface area contributed by atoms with Crippen LogP contribution in [0.5, 0.6) is 0 Å². The van der Waals surface area contributed by atoms with E-state index in [-0.39, 0.29) is 19.4 Å². The zero-order valence-electron chi connectivity index (χ0n) is 34.9. The molecule has 8 nitrogen and oxygen atoms in total. The molecule has 0 rings (SSSR count). The highest BCUT2D eigenvalue weighted by atomic mass is 31.2. The van der Waals surface area contributed by atoms with Gasteiger partial charge in [-0.25, -0.2) is 4.57 Å². The van der Waals surface area contributed by atoms with Gasteiger partial charge < -0.3 is 19.3 Å². The van der Waals surface area contributed by atoms with Crippen LogP contribution in [0.4, 0.5) is 0 Å². The van der Waals surface area contributed by atoms with E-state index >= 15 is 0 Å². The topological polar surface area (TPSA) is 119 Å². The van der Waals surface area contributed by atoms with E-state index in [9.17, 15) is 14.2 Å². The monoisotopic (exact) mass is 775 g/mol. The lowest BCUT2D eigenvalue weighted by molar-refractivity contribution is -0.161. The largest absolute Gasteiger partial charge is 0.469 e. The lowest BCUT2D eigenvalue weighted by atomic mass is 10.0. The van der Waals surface area contributed by atoms with Crippen LogP contribution in [0.25, 0.3) is 0 Å². The summed E-state index contributed by atoms with van der Waals surface area (Å²) in [7, 11) is -4.74. The number of rotatable bonds is 43. The molecular formula is C44H87O8P. The van der Waals surface area contributed by atoms with E-state index in [1.807, 2.05) is 0 Å². The summed E-state index contributed by atoms with van der Waals surface area (Å²) in [5, 5.41) is 0. The molecule has 0 aliphatic carbocycles. The van der Waals surface area contributed by atoms with Crippen LogP contribution in [-0.4, -0.2) is 41.0 Å². The van der Waals surface area contributed by atoms with Crippen LogP contribution in [0.3, 0.4) is 0 Å². The molecule has 316 valence electrons. The van der Waals surface area contributed by atoms with Crippen LogP contribution in [0.2, 0.25) is 0 Å². The molecule has 0 bridgehead atoms. The number of phosphoric ester groups is 1. The Morgan fingerprint density at radius 2 is 0.679 bits per heavy atom. The summed E-state index contributed by atoms with van der Waals surface area (Å²) in [6, 6.07) is 0. The van der Waals surface area contributed by atoms with Crippen LogP contribution in [0, 0.1) is 0 Å². The standard InChI is InChI=1S/C44H87O8P/c1-3-5-7-9-11-13-15-16-17-18-19-20-21-22-23-24-25-26-27-29-31-33-35-37-39-44(46)52-42(41-51-53(47,48)49)40-50-43(45)38-36-34-32-30-28-14-12-10-8-6-4-2/h42H,3-41H2,1-2H3,(H2,47,48,49). The van der Waals surface area contributed by atoms with Gasteiger partial charge >= 0.3 is 19.8 Å². The maximum absolute atomic E-state index is 12.4. The second kappa shape index (κ2) is 40.7. The minimum absolute atomic E-state index is 0.221. The third-order valence-electron chi connectivity index (χ3n) is 10.4. The quantitative estimate of drug-likeness (QED) is 0.0357. The molecule has 0 saturated heterocycles. The Morgan fingerprint density at radius 1 is 0.415 bits per heavy atom. The number of unbranched alkanes of at least 4 members (excludes halogenated alkanes) is 33. The molecule has 2 N–H and O–H groups in total. The van der Waals surface area contributed by atoms with Crippen molar-refractivity contribution in [1.29, 1.82) is 0 Å². The Morgan fingerprint density at radius 3 is 0.962 bits per heavy atom. The predicted molar refractivity (Wildman–Crippen MR) is 221 cm³/mol. The second-order valence-corrected chi connectivity index (χ2v) is 17.0. The first-order valence-corrected chi connectivity index (χ1v) is 24.4. The van der Waals surface area contributed by atoms with E-state index in [0.717, 1.165) is 32.1 Å². The molecule has 0 aromatic carbocycles. The Kier molecular flexibility index (Phi) is 40.0. The molecule has 0 aliphatic heterocycles. The third-order valence-corrected chi connectivity index (χ3v) is 10.9.